The molecule has 4 nitrogen and oxygen atoms in total. The van der Waals surface area contributed by atoms with Crippen molar-refractivity contribution < 1.29 is 4.74 Å². The summed E-state index contributed by atoms with van der Waals surface area (Å²) in [5, 5.41) is 3.18. The fourth-order valence-corrected chi connectivity index (χ4v) is 3.31. The van der Waals surface area contributed by atoms with E-state index in [1.54, 1.807) is 18.4 Å². The molecule has 4 rings (SSSR count). The van der Waals surface area contributed by atoms with Crippen molar-refractivity contribution in [1.29, 1.82) is 0 Å². The van der Waals surface area contributed by atoms with Gasteiger partial charge in [0.25, 0.3) is 0 Å². The van der Waals surface area contributed by atoms with Crippen LogP contribution in [-0.4, -0.2) is 21.5 Å². The van der Waals surface area contributed by atoms with Crippen molar-refractivity contribution in [3.8, 4) is 17.0 Å². The number of hydrogen-bond donors (Lipinski definition) is 1. The van der Waals surface area contributed by atoms with Gasteiger partial charge in [-0.05, 0) is 25.1 Å². The highest BCUT2D eigenvalue weighted by atomic mass is 32.1. The Morgan fingerprint density at radius 1 is 1.35 bits per heavy atom. The SMILES string of the molecule is COc1ccc2[nH]c(C)c(-c3cn4ccsc4n3)c2c1. The van der Waals surface area contributed by atoms with Crippen molar-refractivity contribution in [3.63, 3.8) is 0 Å². The fraction of sp³-hybridized carbons (Fsp3) is 0.133. The Hall–Kier alpha value is -2.27. The van der Waals surface area contributed by atoms with E-state index in [1.165, 1.54) is 0 Å². The number of methoxy groups -OCH3 is 1. The van der Waals surface area contributed by atoms with Crippen LogP contribution in [-0.2, 0) is 0 Å². The predicted octanol–water partition coefficient (Wildman–Crippen LogP) is 3.86. The van der Waals surface area contributed by atoms with E-state index in [4.69, 9.17) is 9.72 Å². The second-order valence-electron chi connectivity index (χ2n) is 4.76. The van der Waals surface area contributed by atoms with E-state index in [1.807, 2.05) is 23.7 Å². The molecule has 1 aromatic carbocycles. The third-order valence-electron chi connectivity index (χ3n) is 3.54. The van der Waals surface area contributed by atoms with Crippen LogP contribution < -0.4 is 4.74 Å². The zero-order chi connectivity index (χ0) is 13.7. The molecule has 0 saturated carbocycles. The molecule has 0 aliphatic rings. The molecule has 3 aromatic heterocycles. The Morgan fingerprint density at radius 3 is 3.05 bits per heavy atom. The minimum absolute atomic E-state index is 0.860. The number of rotatable bonds is 2. The molecule has 0 spiro atoms. The lowest BCUT2D eigenvalue weighted by molar-refractivity contribution is 0.415. The van der Waals surface area contributed by atoms with Crippen LogP contribution in [0.4, 0.5) is 0 Å². The molecule has 100 valence electrons. The molecule has 3 heterocycles. The first-order valence-electron chi connectivity index (χ1n) is 6.35. The summed E-state index contributed by atoms with van der Waals surface area (Å²) in [5.41, 5.74) is 4.37. The number of thiazole rings is 1. The van der Waals surface area contributed by atoms with Crippen molar-refractivity contribution in [1.82, 2.24) is 14.4 Å². The number of imidazole rings is 1. The van der Waals surface area contributed by atoms with Crippen molar-refractivity contribution in [2.75, 3.05) is 7.11 Å². The summed E-state index contributed by atoms with van der Waals surface area (Å²) in [7, 11) is 1.69. The normalized spacial score (nSPS) is 11.5. The molecule has 0 fully saturated rings. The Balaban J connectivity index is 2.02. The van der Waals surface area contributed by atoms with Crippen LogP contribution in [0.3, 0.4) is 0 Å². The lowest BCUT2D eigenvalue weighted by atomic mass is 10.1. The first kappa shape index (κ1) is 11.5. The van der Waals surface area contributed by atoms with Gasteiger partial charge in [0.2, 0.25) is 0 Å². The summed E-state index contributed by atoms with van der Waals surface area (Å²) in [4.78, 5) is 9.13. The lowest BCUT2D eigenvalue weighted by Gasteiger charge is -2.00. The van der Waals surface area contributed by atoms with Gasteiger partial charge in [0.1, 0.15) is 5.75 Å². The van der Waals surface area contributed by atoms with E-state index in [2.05, 4.69) is 28.6 Å². The summed E-state index contributed by atoms with van der Waals surface area (Å²) in [6.07, 6.45) is 4.10. The van der Waals surface area contributed by atoms with Gasteiger partial charge in [-0.3, -0.25) is 4.40 Å². The van der Waals surface area contributed by atoms with Crippen molar-refractivity contribution in [3.05, 3.63) is 41.7 Å². The predicted molar refractivity (Wildman–Crippen MR) is 81.7 cm³/mol. The van der Waals surface area contributed by atoms with Gasteiger partial charge in [-0.1, -0.05) is 0 Å². The van der Waals surface area contributed by atoms with Crippen LogP contribution in [0.15, 0.2) is 36.0 Å². The summed E-state index contributed by atoms with van der Waals surface area (Å²) in [5.74, 6) is 0.860. The maximum absolute atomic E-state index is 5.33. The molecule has 0 atom stereocenters. The first-order valence-corrected chi connectivity index (χ1v) is 7.23. The average molecular weight is 283 g/mol. The van der Waals surface area contributed by atoms with Crippen LogP contribution in [0, 0.1) is 6.92 Å². The number of aryl methyl sites for hydroxylation is 1. The van der Waals surface area contributed by atoms with Crippen molar-refractivity contribution in [2.45, 2.75) is 6.92 Å². The average Bonchev–Trinajstić information content (AvgIpc) is 3.08. The molecule has 0 bridgehead atoms. The van der Waals surface area contributed by atoms with E-state index in [0.717, 1.165) is 38.6 Å². The molecule has 4 aromatic rings. The van der Waals surface area contributed by atoms with Gasteiger partial charge in [-0.15, -0.1) is 11.3 Å². The number of aromatic nitrogens is 3. The highest BCUT2D eigenvalue weighted by Crippen LogP contribution is 2.34. The standard InChI is InChI=1S/C15H13N3OS/c1-9-14(13-8-18-5-6-20-15(18)17-13)11-7-10(19-2)3-4-12(11)16-9/h3-8,16H,1-2H3. The number of nitrogens with one attached hydrogen (secondary N) is 1. The Kier molecular flexibility index (Phi) is 2.37. The zero-order valence-corrected chi connectivity index (χ0v) is 12.0. The maximum Gasteiger partial charge on any atom is 0.194 e. The number of hydrogen-bond acceptors (Lipinski definition) is 3. The molecule has 0 unspecified atom stereocenters. The number of ether oxygens (including phenoxy) is 1. The van der Waals surface area contributed by atoms with Gasteiger partial charge in [-0.25, -0.2) is 4.98 Å². The quantitative estimate of drug-likeness (QED) is 0.607. The van der Waals surface area contributed by atoms with Crippen LogP contribution in [0.5, 0.6) is 5.75 Å². The van der Waals surface area contributed by atoms with Gasteiger partial charge in [-0.2, -0.15) is 0 Å². The second-order valence-corrected chi connectivity index (χ2v) is 5.63. The second kappa shape index (κ2) is 4.11. The molecule has 20 heavy (non-hydrogen) atoms. The molecule has 0 saturated heterocycles. The molecule has 0 amide bonds. The molecule has 5 heteroatoms. The molecule has 0 radical (unpaired) electrons. The molecule has 0 aliphatic carbocycles. The minimum Gasteiger partial charge on any atom is -0.497 e. The number of nitrogens with zero attached hydrogens (tertiary/aromatic N) is 2. The highest BCUT2D eigenvalue weighted by Gasteiger charge is 2.14. The Bertz CT molecular complexity index is 887. The van der Waals surface area contributed by atoms with E-state index in [-0.39, 0.29) is 0 Å². The van der Waals surface area contributed by atoms with E-state index in [0.29, 0.717) is 0 Å². The monoisotopic (exact) mass is 283 g/mol. The van der Waals surface area contributed by atoms with Gasteiger partial charge in [0, 0.05) is 39.9 Å². The topological polar surface area (TPSA) is 42.3 Å². The Morgan fingerprint density at radius 2 is 2.25 bits per heavy atom. The van der Waals surface area contributed by atoms with Gasteiger partial charge in [0.05, 0.1) is 12.8 Å². The van der Waals surface area contributed by atoms with Gasteiger partial charge in [0.15, 0.2) is 4.96 Å². The van der Waals surface area contributed by atoms with Crippen LogP contribution in [0.2, 0.25) is 0 Å². The zero-order valence-electron chi connectivity index (χ0n) is 11.2. The van der Waals surface area contributed by atoms with Crippen molar-refractivity contribution >= 4 is 27.2 Å². The molecular formula is C15H13N3OS. The van der Waals surface area contributed by atoms with Gasteiger partial charge < -0.3 is 9.72 Å². The van der Waals surface area contributed by atoms with E-state index >= 15 is 0 Å². The third-order valence-corrected chi connectivity index (χ3v) is 4.31. The number of benzene rings is 1. The first-order chi connectivity index (χ1) is 9.76. The largest absolute Gasteiger partial charge is 0.497 e. The van der Waals surface area contributed by atoms with Crippen LogP contribution >= 0.6 is 11.3 Å². The summed E-state index contributed by atoms with van der Waals surface area (Å²) in [6.45, 7) is 2.08. The third kappa shape index (κ3) is 1.56. The van der Waals surface area contributed by atoms with Crippen LogP contribution in [0.1, 0.15) is 5.69 Å². The Labute approximate surface area is 119 Å². The molecule has 0 aliphatic heterocycles. The van der Waals surface area contributed by atoms with Gasteiger partial charge >= 0.3 is 0 Å². The smallest absolute Gasteiger partial charge is 0.194 e. The fourth-order valence-electron chi connectivity index (χ4n) is 2.61. The maximum atomic E-state index is 5.33. The summed E-state index contributed by atoms with van der Waals surface area (Å²) >= 11 is 1.64. The lowest BCUT2D eigenvalue weighted by Crippen LogP contribution is -1.82. The van der Waals surface area contributed by atoms with Crippen molar-refractivity contribution in [2.24, 2.45) is 0 Å². The summed E-state index contributed by atoms with van der Waals surface area (Å²) < 4.78 is 7.38. The van der Waals surface area contributed by atoms with E-state index in [9.17, 15) is 0 Å². The molecular weight excluding hydrogens is 270 g/mol. The van der Waals surface area contributed by atoms with E-state index < -0.39 is 0 Å². The number of aromatic amines is 1. The summed E-state index contributed by atoms with van der Waals surface area (Å²) in [6, 6.07) is 6.07. The minimum atomic E-state index is 0.860. The van der Waals surface area contributed by atoms with Crippen LogP contribution in [0.25, 0.3) is 27.1 Å². The highest BCUT2D eigenvalue weighted by molar-refractivity contribution is 7.15. The number of H-pyrrole nitrogens is 1. The number of fused-ring (bicyclic) bond motifs is 2. The molecule has 1 N–H and O–H groups in total.